The number of nitriles is 1. The number of benzene rings is 2. The van der Waals surface area contributed by atoms with Crippen LogP contribution in [0.15, 0.2) is 54.6 Å². The molecular formula is C19H16N2O2. The van der Waals surface area contributed by atoms with Crippen LogP contribution in [0.3, 0.4) is 0 Å². The van der Waals surface area contributed by atoms with E-state index in [1.54, 1.807) is 12.1 Å². The molecule has 1 heterocycles. The zero-order valence-corrected chi connectivity index (χ0v) is 12.7. The molecule has 1 aliphatic carbocycles. The van der Waals surface area contributed by atoms with Crippen molar-refractivity contribution in [3.63, 3.8) is 0 Å². The van der Waals surface area contributed by atoms with Gasteiger partial charge in [-0.2, -0.15) is 5.26 Å². The first-order chi connectivity index (χ1) is 11.0. The van der Waals surface area contributed by atoms with Crippen molar-refractivity contribution in [2.75, 3.05) is 0 Å². The second kappa shape index (κ2) is 4.43. The summed E-state index contributed by atoms with van der Waals surface area (Å²) in [6, 6.07) is 19.0. The van der Waals surface area contributed by atoms with Gasteiger partial charge in [-0.1, -0.05) is 60.2 Å². The minimum atomic E-state index is -1.50. The van der Waals surface area contributed by atoms with E-state index in [9.17, 15) is 15.2 Å². The lowest BCUT2D eigenvalue weighted by molar-refractivity contribution is -0.127. The van der Waals surface area contributed by atoms with Gasteiger partial charge in [-0.05, 0) is 12.5 Å². The zero-order chi connectivity index (χ0) is 16.2. The van der Waals surface area contributed by atoms with E-state index in [4.69, 9.17) is 0 Å². The number of aryl methyl sites for hydroxylation is 1. The molecule has 23 heavy (non-hydrogen) atoms. The Bertz CT molecular complexity index is 825. The molecule has 2 aromatic rings. The quantitative estimate of drug-likeness (QED) is 0.893. The normalized spacial score (nSPS) is 34.4. The molecule has 1 amide bonds. The van der Waals surface area contributed by atoms with E-state index in [-0.39, 0.29) is 11.8 Å². The van der Waals surface area contributed by atoms with E-state index in [0.717, 1.165) is 11.1 Å². The fraction of sp³-hybridized carbons (Fsp3) is 0.263. The molecule has 0 spiro atoms. The Labute approximate surface area is 134 Å². The Balaban J connectivity index is 1.82. The summed E-state index contributed by atoms with van der Waals surface area (Å²) in [7, 11) is 0. The number of fused-ring (bicyclic) bond motifs is 1. The van der Waals surface area contributed by atoms with Crippen LogP contribution in [-0.4, -0.2) is 11.0 Å². The number of nitrogens with zero attached hydrogens (tertiary/aromatic N) is 1. The number of piperidine rings is 1. The lowest BCUT2D eigenvalue weighted by Crippen LogP contribution is -2.44. The fourth-order valence-corrected chi connectivity index (χ4v) is 3.96. The molecule has 0 unspecified atom stereocenters. The van der Waals surface area contributed by atoms with Crippen LogP contribution in [-0.2, 0) is 10.5 Å². The molecule has 0 radical (unpaired) electrons. The van der Waals surface area contributed by atoms with Crippen molar-refractivity contribution in [1.82, 2.24) is 5.32 Å². The van der Waals surface area contributed by atoms with Crippen LogP contribution >= 0.6 is 0 Å². The van der Waals surface area contributed by atoms with Gasteiger partial charge in [-0.15, -0.1) is 0 Å². The molecule has 2 aliphatic rings. The van der Waals surface area contributed by atoms with Crippen molar-refractivity contribution in [3.05, 3.63) is 71.3 Å². The molecule has 114 valence electrons. The van der Waals surface area contributed by atoms with Gasteiger partial charge in [0, 0.05) is 17.4 Å². The Morgan fingerprint density at radius 1 is 1.13 bits per heavy atom. The lowest BCUT2D eigenvalue weighted by Gasteiger charge is -2.27. The second-order valence-corrected chi connectivity index (χ2v) is 6.43. The first-order valence-corrected chi connectivity index (χ1v) is 7.62. The summed E-state index contributed by atoms with van der Waals surface area (Å²) in [5, 5.41) is 23.5. The molecule has 4 rings (SSSR count). The Kier molecular flexibility index (Phi) is 2.70. The van der Waals surface area contributed by atoms with Crippen LogP contribution in [0.25, 0.3) is 0 Å². The van der Waals surface area contributed by atoms with Crippen LogP contribution in [0, 0.1) is 29.6 Å². The number of hydrogen-bond acceptors (Lipinski definition) is 3. The molecule has 4 nitrogen and oxygen atoms in total. The van der Waals surface area contributed by atoms with E-state index in [1.165, 1.54) is 0 Å². The van der Waals surface area contributed by atoms with Crippen LogP contribution < -0.4 is 5.32 Å². The minimum absolute atomic E-state index is 0.285. The number of rotatable bonds is 2. The SMILES string of the molecule is Cc1ccc([C@@H]2[C@@H]3[C@@]2(C#N)C(=O)N[C@]3(O)c2ccccc2)cc1. The Morgan fingerprint density at radius 3 is 2.39 bits per heavy atom. The molecular weight excluding hydrogens is 288 g/mol. The molecule has 2 fully saturated rings. The topological polar surface area (TPSA) is 73.1 Å². The maximum atomic E-state index is 12.5. The predicted octanol–water partition coefficient (Wildman–Crippen LogP) is 2.19. The maximum absolute atomic E-state index is 12.5. The molecule has 4 heteroatoms. The molecule has 0 bridgehead atoms. The highest BCUT2D eigenvalue weighted by Gasteiger charge is 2.82. The van der Waals surface area contributed by atoms with Gasteiger partial charge in [0.15, 0.2) is 11.1 Å². The number of amides is 1. The summed E-state index contributed by atoms with van der Waals surface area (Å²) < 4.78 is 0. The van der Waals surface area contributed by atoms with Crippen LogP contribution in [0.4, 0.5) is 0 Å². The van der Waals surface area contributed by atoms with Crippen molar-refractivity contribution in [1.29, 1.82) is 5.26 Å². The van der Waals surface area contributed by atoms with Gasteiger partial charge in [-0.3, -0.25) is 4.79 Å². The van der Waals surface area contributed by atoms with Gasteiger partial charge in [0.2, 0.25) is 5.91 Å². The third-order valence-electron chi connectivity index (χ3n) is 5.17. The average Bonchev–Trinajstić information content (AvgIpc) is 3.21. The fourth-order valence-electron chi connectivity index (χ4n) is 3.96. The van der Waals surface area contributed by atoms with Crippen LogP contribution in [0.1, 0.15) is 22.6 Å². The van der Waals surface area contributed by atoms with Crippen molar-refractivity contribution in [3.8, 4) is 6.07 Å². The van der Waals surface area contributed by atoms with Gasteiger partial charge in [0.25, 0.3) is 0 Å². The predicted molar refractivity (Wildman–Crippen MR) is 83.9 cm³/mol. The smallest absolute Gasteiger partial charge is 0.244 e. The third kappa shape index (κ3) is 1.66. The van der Waals surface area contributed by atoms with Crippen LogP contribution in [0.2, 0.25) is 0 Å². The summed E-state index contributed by atoms with van der Waals surface area (Å²) in [4.78, 5) is 12.5. The summed E-state index contributed by atoms with van der Waals surface area (Å²) >= 11 is 0. The van der Waals surface area contributed by atoms with Crippen molar-refractivity contribution in [2.24, 2.45) is 11.3 Å². The van der Waals surface area contributed by atoms with E-state index in [0.29, 0.717) is 5.56 Å². The van der Waals surface area contributed by atoms with Gasteiger partial charge < -0.3 is 10.4 Å². The van der Waals surface area contributed by atoms with E-state index < -0.39 is 17.1 Å². The zero-order valence-electron chi connectivity index (χ0n) is 12.7. The Morgan fingerprint density at radius 2 is 1.78 bits per heavy atom. The van der Waals surface area contributed by atoms with Gasteiger partial charge in [0.05, 0.1) is 6.07 Å². The first-order valence-electron chi connectivity index (χ1n) is 7.62. The van der Waals surface area contributed by atoms with E-state index in [1.807, 2.05) is 49.4 Å². The lowest BCUT2D eigenvalue weighted by atomic mass is 9.95. The van der Waals surface area contributed by atoms with Crippen molar-refractivity contribution < 1.29 is 9.90 Å². The summed E-state index contributed by atoms with van der Waals surface area (Å²) in [6.45, 7) is 1.99. The third-order valence-corrected chi connectivity index (χ3v) is 5.17. The number of carbonyl (C=O) groups excluding carboxylic acids is 1. The highest BCUT2D eigenvalue weighted by atomic mass is 16.3. The molecule has 1 saturated carbocycles. The first kappa shape index (κ1) is 14.0. The Hall–Kier alpha value is -2.64. The summed E-state index contributed by atoms with van der Waals surface area (Å²) in [5.74, 6) is -1.15. The molecule has 4 atom stereocenters. The minimum Gasteiger partial charge on any atom is -0.366 e. The van der Waals surface area contributed by atoms with Crippen molar-refractivity contribution >= 4 is 5.91 Å². The van der Waals surface area contributed by atoms with E-state index >= 15 is 0 Å². The number of hydrogen-bond donors (Lipinski definition) is 2. The highest BCUT2D eigenvalue weighted by molar-refractivity contribution is 5.95. The van der Waals surface area contributed by atoms with Gasteiger partial charge in [-0.25, -0.2) is 0 Å². The second-order valence-electron chi connectivity index (χ2n) is 6.43. The largest absolute Gasteiger partial charge is 0.366 e. The average molecular weight is 304 g/mol. The number of aliphatic hydroxyl groups is 1. The summed E-state index contributed by atoms with van der Waals surface area (Å²) in [5.41, 5.74) is -0.0199. The van der Waals surface area contributed by atoms with Crippen molar-refractivity contribution in [2.45, 2.75) is 18.6 Å². The molecule has 0 aromatic heterocycles. The molecule has 1 aliphatic heterocycles. The molecule has 2 N–H and O–H groups in total. The van der Waals surface area contributed by atoms with E-state index in [2.05, 4.69) is 11.4 Å². The molecule has 1 saturated heterocycles. The van der Waals surface area contributed by atoms with Gasteiger partial charge >= 0.3 is 0 Å². The molecule has 2 aromatic carbocycles. The standard InChI is InChI=1S/C19H16N2O2/c1-12-7-9-13(10-8-12)15-16-18(15,11-20)17(22)21-19(16,23)14-5-3-2-4-6-14/h2-10,15-16,23H,1H3,(H,21,22)/t15-,16-,18+,19+/m1/s1. The summed E-state index contributed by atoms with van der Waals surface area (Å²) in [6.07, 6.45) is 0. The number of nitrogens with one attached hydrogen (secondary N) is 1. The monoisotopic (exact) mass is 304 g/mol. The highest BCUT2D eigenvalue weighted by Crippen LogP contribution is 2.73. The number of carbonyl (C=O) groups is 1. The van der Waals surface area contributed by atoms with Gasteiger partial charge in [0.1, 0.15) is 0 Å². The van der Waals surface area contributed by atoms with Crippen LogP contribution in [0.5, 0.6) is 0 Å². The maximum Gasteiger partial charge on any atom is 0.244 e.